The van der Waals surface area contributed by atoms with Gasteiger partial charge in [0.05, 0.1) is 17.4 Å². The fourth-order valence-electron chi connectivity index (χ4n) is 3.42. The molecule has 1 aliphatic rings. The van der Waals surface area contributed by atoms with E-state index in [2.05, 4.69) is 67.3 Å². The predicted molar refractivity (Wildman–Crippen MR) is 93.9 cm³/mol. The normalized spacial score (nSPS) is 19.8. The molecule has 0 saturated heterocycles. The number of rotatable bonds is 3. The summed E-state index contributed by atoms with van der Waals surface area (Å²) in [5.74, 6) is 0.482. The predicted octanol–water partition coefficient (Wildman–Crippen LogP) is 3.33. The summed E-state index contributed by atoms with van der Waals surface area (Å²) in [7, 11) is 4.17. The van der Waals surface area contributed by atoms with E-state index < -0.39 is 0 Å². The van der Waals surface area contributed by atoms with Gasteiger partial charge in [0.2, 0.25) is 0 Å². The molecule has 1 aromatic carbocycles. The molecule has 0 bridgehead atoms. The Hall–Kier alpha value is -2.07. The molecular formula is C18H24N4. The number of hydrogen-bond donors (Lipinski definition) is 2. The molecule has 1 heterocycles. The average molecular weight is 296 g/mol. The number of fused-ring (bicyclic) bond motifs is 1. The Labute approximate surface area is 131 Å². The molecule has 0 fully saturated rings. The number of H-pyrrole nitrogens is 1. The highest BCUT2D eigenvalue weighted by molar-refractivity contribution is 5.98. The first kappa shape index (κ1) is 14.9. The fraction of sp³-hybridized carbons (Fsp3) is 0.389. The van der Waals surface area contributed by atoms with Crippen molar-refractivity contribution < 1.29 is 0 Å². The van der Waals surface area contributed by atoms with Gasteiger partial charge in [-0.25, -0.2) is 0 Å². The van der Waals surface area contributed by atoms with E-state index >= 15 is 0 Å². The largest absolute Gasteiger partial charge is 0.377 e. The van der Waals surface area contributed by atoms with Crippen molar-refractivity contribution in [3.63, 3.8) is 0 Å². The minimum Gasteiger partial charge on any atom is -0.377 e. The maximum atomic E-state index is 6.06. The van der Waals surface area contributed by atoms with Crippen LogP contribution in [0.5, 0.6) is 0 Å². The summed E-state index contributed by atoms with van der Waals surface area (Å²) in [4.78, 5) is 2.17. The standard InChI is InChI=1S/C18H24N4/c1-11-9-13(5-6-14(11)12(2)19)15-7-8-17-16(10-20-21-17)18(15)22(3)4/h5-8,10-12H,9,19H2,1-4H3,(H,20,21). The van der Waals surface area contributed by atoms with E-state index in [1.54, 1.807) is 0 Å². The van der Waals surface area contributed by atoms with Gasteiger partial charge in [-0.1, -0.05) is 30.7 Å². The maximum Gasteiger partial charge on any atom is 0.0671 e. The molecule has 22 heavy (non-hydrogen) atoms. The Balaban J connectivity index is 2.13. The van der Waals surface area contributed by atoms with Crippen molar-refractivity contribution in [3.8, 4) is 0 Å². The van der Waals surface area contributed by atoms with Crippen LogP contribution in [0.2, 0.25) is 0 Å². The van der Waals surface area contributed by atoms with Crippen molar-refractivity contribution in [2.45, 2.75) is 26.3 Å². The smallest absolute Gasteiger partial charge is 0.0671 e. The molecule has 1 aromatic heterocycles. The quantitative estimate of drug-likeness (QED) is 0.913. The summed E-state index contributed by atoms with van der Waals surface area (Å²) in [5, 5.41) is 8.40. The molecule has 0 radical (unpaired) electrons. The number of aromatic nitrogens is 2. The molecular weight excluding hydrogens is 272 g/mol. The van der Waals surface area contributed by atoms with Gasteiger partial charge >= 0.3 is 0 Å². The van der Waals surface area contributed by atoms with Gasteiger partial charge in [0.25, 0.3) is 0 Å². The molecule has 1 aliphatic carbocycles. The summed E-state index contributed by atoms with van der Waals surface area (Å²) in [6.45, 7) is 4.32. The highest BCUT2D eigenvalue weighted by Crippen LogP contribution is 2.39. The van der Waals surface area contributed by atoms with Crippen LogP contribution < -0.4 is 10.6 Å². The van der Waals surface area contributed by atoms with Crippen LogP contribution in [-0.4, -0.2) is 30.3 Å². The monoisotopic (exact) mass is 296 g/mol. The molecule has 3 N–H and O–H groups in total. The van der Waals surface area contributed by atoms with Crippen LogP contribution in [0.4, 0.5) is 5.69 Å². The van der Waals surface area contributed by atoms with Crippen LogP contribution in [0.3, 0.4) is 0 Å². The zero-order valence-corrected chi connectivity index (χ0v) is 13.7. The van der Waals surface area contributed by atoms with Crippen LogP contribution in [-0.2, 0) is 0 Å². The third-order valence-electron chi connectivity index (χ3n) is 4.49. The summed E-state index contributed by atoms with van der Waals surface area (Å²) in [6, 6.07) is 4.43. The zero-order valence-electron chi connectivity index (χ0n) is 13.7. The first-order valence-corrected chi connectivity index (χ1v) is 7.79. The average Bonchev–Trinajstić information content (AvgIpc) is 2.93. The molecule has 2 atom stereocenters. The molecule has 0 aliphatic heterocycles. The van der Waals surface area contributed by atoms with Gasteiger partial charge in [0.1, 0.15) is 0 Å². The lowest BCUT2D eigenvalue weighted by molar-refractivity contribution is 0.629. The number of nitrogens with two attached hydrogens (primary N) is 1. The van der Waals surface area contributed by atoms with E-state index in [0.29, 0.717) is 5.92 Å². The Morgan fingerprint density at radius 2 is 2.09 bits per heavy atom. The van der Waals surface area contributed by atoms with Crippen molar-refractivity contribution >= 4 is 22.2 Å². The molecule has 4 heteroatoms. The molecule has 0 saturated carbocycles. The van der Waals surface area contributed by atoms with Crippen molar-refractivity contribution in [2.24, 2.45) is 11.7 Å². The Kier molecular flexibility index (Phi) is 3.79. The fourth-order valence-corrected chi connectivity index (χ4v) is 3.42. The molecule has 0 amide bonds. The number of nitrogens with zero attached hydrogens (tertiary/aromatic N) is 2. The topological polar surface area (TPSA) is 57.9 Å². The van der Waals surface area contributed by atoms with Gasteiger partial charge in [-0.05, 0) is 30.9 Å². The maximum absolute atomic E-state index is 6.06. The van der Waals surface area contributed by atoms with E-state index in [4.69, 9.17) is 5.73 Å². The second kappa shape index (κ2) is 5.61. The van der Waals surface area contributed by atoms with Crippen LogP contribution in [0.15, 0.2) is 36.1 Å². The number of anilines is 1. The van der Waals surface area contributed by atoms with Crippen LogP contribution in [0, 0.1) is 5.92 Å². The van der Waals surface area contributed by atoms with Gasteiger partial charge in [-0.15, -0.1) is 0 Å². The number of nitrogens with one attached hydrogen (secondary N) is 1. The SMILES string of the molecule is CC(N)C1=CC=C(c2ccc3[nH]ncc3c2N(C)C)CC1C. The first-order valence-electron chi connectivity index (χ1n) is 7.79. The molecule has 3 rings (SSSR count). The minimum atomic E-state index is 0.123. The molecule has 2 aromatic rings. The van der Waals surface area contributed by atoms with Crippen molar-refractivity contribution in [1.82, 2.24) is 10.2 Å². The number of aromatic amines is 1. The third-order valence-corrected chi connectivity index (χ3v) is 4.49. The van der Waals surface area contributed by atoms with E-state index in [1.807, 2.05) is 6.20 Å². The van der Waals surface area contributed by atoms with E-state index in [1.165, 1.54) is 22.4 Å². The highest BCUT2D eigenvalue weighted by Gasteiger charge is 2.21. The van der Waals surface area contributed by atoms with Gasteiger partial charge in [0, 0.05) is 31.1 Å². The molecule has 2 unspecified atom stereocenters. The lowest BCUT2D eigenvalue weighted by atomic mass is 9.82. The summed E-state index contributed by atoms with van der Waals surface area (Å²) in [6.07, 6.45) is 7.36. The van der Waals surface area contributed by atoms with Crippen LogP contribution in [0.1, 0.15) is 25.8 Å². The summed E-state index contributed by atoms with van der Waals surface area (Å²) >= 11 is 0. The Morgan fingerprint density at radius 1 is 1.32 bits per heavy atom. The number of hydrogen-bond acceptors (Lipinski definition) is 3. The minimum absolute atomic E-state index is 0.123. The van der Waals surface area contributed by atoms with E-state index in [9.17, 15) is 0 Å². The second-order valence-electron chi connectivity index (χ2n) is 6.44. The molecule has 4 nitrogen and oxygen atoms in total. The van der Waals surface area contributed by atoms with Gasteiger partial charge in [-0.3, -0.25) is 5.10 Å². The Bertz CT molecular complexity index is 750. The lowest BCUT2D eigenvalue weighted by Gasteiger charge is -2.27. The van der Waals surface area contributed by atoms with Crippen LogP contribution >= 0.6 is 0 Å². The van der Waals surface area contributed by atoms with Crippen LogP contribution in [0.25, 0.3) is 16.5 Å². The van der Waals surface area contributed by atoms with Crippen molar-refractivity contribution in [3.05, 3.63) is 41.6 Å². The highest BCUT2D eigenvalue weighted by atomic mass is 15.1. The number of benzene rings is 1. The van der Waals surface area contributed by atoms with Gasteiger partial charge < -0.3 is 10.6 Å². The summed E-state index contributed by atoms with van der Waals surface area (Å²) in [5.41, 5.74) is 12.3. The Morgan fingerprint density at radius 3 is 2.73 bits per heavy atom. The molecule has 0 spiro atoms. The van der Waals surface area contributed by atoms with Crippen molar-refractivity contribution in [2.75, 3.05) is 19.0 Å². The first-order chi connectivity index (χ1) is 10.5. The number of allylic oxidation sites excluding steroid dienone is 3. The van der Waals surface area contributed by atoms with E-state index in [0.717, 1.165) is 17.3 Å². The zero-order chi connectivity index (χ0) is 15.9. The summed E-state index contributed by atoms with van der Waals surface area (Å²) < 4.78 is 0. The molecule has 116 valence electrons. The van der Waals surface area contributed by atoms with Gasteiger partial charge in [0.15, 0.2) is 0 Å². The van der Waals surface area contributed by atoms with Crippen molar-refractivity contribution in [1.29, 1.82) is 0 Å². The van der Waals surface area contributed by atoms with E-state index in [-0.39, 0.29) is 6.04 Å². The second-order valence-corrected chi connectivity index (χ2v) is 6.44. The van der Waals surface area contributed by atoms with Gasteiger partial charge in [-0.2, -0.15) is 5.10 Å². The third kappa shape index (κ3) is 2.44. The lowest BCUT2D eigenvalue weighted by Crippen LogP contribution is -2.24.